The molecule has 0 aliphatic carbocycles. The van der Waals surface area contributed by atoms with Gasteiger partial charge >= 0.3 is 0 Å². The van der Waals surface area contributed by atoms with Crippen LogP contribution in [0.2, 0.25) is 0 Å². The summed E-state index contributed by atoms with van der Waals surface area (Å²) in [7, 11) is 0. The molecular weight excluding hydrogens is 128 g/mol. The van der Waals surface area contributed by atoms with Crippen LogP contribution in [-0.4, -0.2) is 16.6 Å². The summed E-state index contributed by atoms with van der Waals surface area (Å²) in [6.07, 6.45) is 3.46. The molecule has 52 valence electrons. The molecule has 1 atom stereocenters. The van der Waals surface area contributed by atoms with Crippen LogP contribution in [0.25, 0.3) is 0 Å². The van der Waals surface area contributed by atoms with Gasteiger partial charge in [-0.25, -0.2) is 9.97 Å². The van der Waals surface area contributed by atoms with E-state index in [1.807, 2.05) is 6.92 Å². The number of nitrogens with zero attached hydrogens (tertiary/aromatic N) is 2. The highest BCUT2D eigenvalue weighted by molar-refractivity contribution is 5.06. The number of hydrogen-bond acceptors (Lipinski definition) is 3. The van der Waals surface area contributed by atoms with Crippen LogP contribution >= 0.6 is 0 Å². The van der Waals surface area contributed by atoms with Gasteiger partial charge in [0.25, 0.3) is 0 Å². The number of hydrogen-bond donors (Lipinski definition) is 0. The molecule has 0 saturated carbocycles. The van der Waals surface area contributed by atoms with Crippen LogP contribution in [-0.2, 0) is 10.3 Å². The Balaban J connectivity index is 2.35. The van der Waals surface area contributed by atoms with Crippen molar-refractivity contribution in [3.05, 3.63) is 24.3 Å². The Morgan fingerprint density at radius 1 is 1.50 bits per heavy atom. The van der Waals surface area contributed by atoms with Crippen molar-refractivity contribution in [1.82, 2.24) is 9.97 Å². The fourth-order valence-corrected chi connectivity index (χ4v) is 0.810. The fraction of sp³-hybridized carbons (Fsp3) is 0.429. The van der Waals surface area contributed by atoms with Crippen LogP contribution in [0.4, 0.5) is 0 Å². The Bertz CT molecular complexity index is 231. The van der Waals surface area contributed by atoms with Crippen LogP contribution in [0, 0.1) is 0 Å². The standard InChI is InChI=1S/C7H8N2O/c1-7(5-10-7)6-8-3-2-4-9-6/h2-4H,5H2,1H3. The Kier molecular flexibility index (Phi) is 1.02. The largest absolute Gasteiger partial charge is 0.361 e. The van der Waals surface area contributed by atoms with E-state index >= 15 is 0 Å². The van der Waals surface area contributed by atoms with Gasteiger partial charge in [0.2, 0.25) is 0 Å². The molecule has 10 heavy (non-hydrogen) atoms. The van der Waals surface area contributed by atoms with Crippen LogP contribution in [0.5, 0.6) is 0 Å². The third kappa shape index (κ3) is 0.789. The highest BCUT2D eigenvalue weighted by atomic mass is 16.6. The molecule has 0 radical (unpaired) electrons. The second kappa shape index (κ2) is 1.76. The van der Waals surface area contributed by atoms with Crippen molar-refractivity contribution in [1.29, 1.82) is 0 Å². The van der Waals surface area contributed by atoms with Crippen molar-refractivity contribution in [2.24, 2.45) is 0 Å². The van der Waals surface area contributed by atoms with Crippen LogP contribution in [0.1, 0.15) is 12.7 Å². The van der Waals surface area contributed by atoms with Gasteiger partial charge in [-0.05, 0) is 13.0 Å². The molecule has 0 amide bonds. The molecule has 0 bridgehead atoms. The minimum atomic E-state index is -0.179. The maximum atomic E-state index is 5.16. The van der Waals surface area contributed by atoms with E-state index in [1.54, 1.807) is 18.5 Å². The van der Waals surface area contributed by atoms with E-state index in [4.69, 9.17) is 4.74 Å². The minimum Gasteiger partial charge on any atom is -0.361 e. The van der Waals surface area contributed by atoms with Crippen LogP contribution in [0.3, 0.4) is 0 Å². The third-order valence-corrected chi connectivity index (χ3v) is 1.62. The summed E-state index contributed by atoms with van der Waals surface area (Å²) >= 11 is 0. The quantitative estimate of drug-likeness (QED) is 0.534. The van der Waals surface area contributed by atoms with Gasteiger partial charge in [0.05, 0.1) is 6.61 Å². The predicted octanol–water partition coefficient (Wildman–Crippen LogP) is 0.722. The maximum Gasteiger partial charge on any atom is 0.162 e. The second-order valence-corrected chi connectivity index (χ2v) is 2.59. The van der Waals surface area contributed by atoms with Crippen LogP contribution < -0.4 is 0 Å². The normalized spacial score (nSPS) is 30.1. The molecule has 0 N–H and O–H groups in total. The lowest BCUT2D eigenvalue weighted by Gasteiger charge is -1.99. The SMILES string of the molecule is CC1(c2ncccn2)CO1. The molecular formula is C7H8N2O. The van der Waals surface area contributed by atoms with Gasteiger partial charge in [0.1, 0.15) is 5.60 Å². The van der Waals surface area contributed by atoms with Gasteiger partial charge in [-0.1, -0.05) is 0 Å². The molecule has 1 unspecified atom stereocenters. The molecule has 1 saturated heterocycles. The lowest BCUT2D eigenvalue weighted by Crippen LogP contribution is -2.06. The van der Waals surface area contributed by atoms with Gasteiger partial charge in [0, 0.05) is 12.4 Å². The van der Waals surface area contributed by atoms with E-state index in [-0.39, 0.29) is 5.60 Å². The van der Waals surface area contributed by atoms with E-state index in [0.29, 0.717) is 0 Å². The zero-order chi connectivity index (χ0) is 7.03. The van der Waals surface area contributed by atoms with Gasteiger partial charge in [-0.3, -0.25) is 0 Å². The molecule has 2 heterocycles. The average molecular weight is 136 g/mol. The zero-order valence-corrected chi connectivity index (χ0v) is 5.74. The Morgan fingerprint density at radius 3 is 2.60 bits per heavy atom. The first-order valence-corrected chi connectivity index (χ1v) is 3.23. The fourth-order valence-electron chi connectivity index (χ4n) is 0.810. The number of rotatable bonds is 1. The van der Waals surface area contributed by atoms with E-state index in [2.05, 4.69) is 9.97 Å². The van der Waals surface area contributed by atoms with Gasteiger partial charge in [0.15, 0.2) is 5.82 Å². The molecule has 1 aliphatic rings. The van der Waals surface area contributed by atoms with Gasteiger partial charge < -0.3 is 4.74 Å². The lowest BCUT2D eigenvalue weighted by molar-refractivity contribution is 0.317. The van der Waals surface area contributed by atoms with E-state index < -0.39 is 0 Å². The van der Waals surface area contributed by atoms with Gasteiger partial charge in [-0.2, -0.15) is 0 Å². The first-order valence-electron chi connectivity index (χ1n) is 3.23. The Morgan fingerprint density at radius 2 is 2.10 bits per heavy atom. The summed E-state index contributed by atoms with van der Waals surface area (Å²) in [6, 6.07) is 1.80. The molecule has 1 aromatic heterocycles. The van der Waals surface area contributed by atoms with Crippen molar-refractivity contribution in [2.75, 3.05) is 6.61 Å². The van der Waals surface area contributed by atoms with E-state index in [0.717, 1.165) is 12.4 Å². The smallest absolute Gasteiger partial charge is 0.162 e. The van der Waals surface area contributed by atoms with E-state index in [9.17, 15) is 0 Å². The van der Waals surface area contributed by atoms with Gasteiger partial charge in [-0.15, -0.1) is 0 Å². The summed E-state index contributed by atoms with van der Waals surface area (Å²) in [6.45, 7) is 2.74. The van der Waals surface area contributed by atoms with Crippen molar-refractivity contribution >= 4 is 0 Å². The van der Waals surface area contributed by atoms with Crippen molar-refractivity contribution in [2.45, 2.75) is 12.5 Å². The molecule has 0 spiro atoms. The van der Waals surface area contributed by atoms with E-state index in [1.165, 1.54) is 0 Å². The molecule has 0 aromatic carbocycles. The first kappa shape index (κ1) is 5.80. The highest BCUT2D eigenvalue weighted by Crippen LogP contribution is 2.34. The maximum absolute atomic E-state index is 5.16. The Labute approximate surface area is 59.1 Å². The summed E-state index contributed by atoms with van der Waals surface area (Å²) < 4.78 is 5.16. The number of epoxide rings is 1. The summed E-state index contributed by atoms with van der Waals surface area (Å²) in [4.78, 5) is 8.15. The predicted molar refractivity (Wildman–Crippen MR) is 35.3 cm³/mol. The lowest BCUT2D eigenvalue weighted by atomic mass is 10.2. The molecule has 2 rings (SSSR count). The molecule has 1 aromatic rings. The molecule has 3 heteroatoms. The van der Waals surface area contributed by atoms with Crippen molar-refractivity contribution < 1.29 is 4.74 Å². The summed E-state index contributed by atoms with van der Waals surface area (Å²) in [5.41, 5.74) is -0.179. The third-order valence-electron chi connectivity index (χ3n) is 1.62. The zero-order valence-electron chi connectivity index (χ0n) is 5.74. The topological polar surface area (TPSA) is 38.3 Å². The Hall–Kier alpha value is -0.960. The molecule has 1 aliphatic heterocycles. The van der Waals surface area contributed by atoms with Crippen molar-refractivity contribution in [3.63, 3.8) is 0 Å². The van der Waals surface area contributed by atoms with Crippen molar-refractivity contribution in [3.8, 4) is 0 Å². The first-order chi connectivity index (χ1) is 4.81. The number of aromatic nitrogens is 2. The second-order valence-electron chi connectivity index (χ2n) is 2.59. The average Bonchev–Trinajstić information content (AvgIpc) is 2.72. The monoisotopic (exact) mass is 136 g/mol. The molecule has 3 nitrogen and oxygen atoms in total. The minimum absolute atomic E-state index is 0.179. The summed E-state index contributed by atoms with van der Waals surface area (Å²) in [5, 5.41) is 0. The summed E-state index contributed by atoms with van der Waals surface area (Å²) in [5.74, 6) is 0.787. The highest BCUT2D eigenvalue weighted by Gasteiger charge is 2.43. The number of ether oxygens (including phenoxy) is 1. The van der Waals surface area contributed by atoms with Crippen LogP contribution in [0.15, 0.2) is 18.5 Å². The molecule has 1 fully saturated rings.